The van der Waals surface area contributed by atoms with Crippen LogP contribution in [0.5, 0.6) is 5.75 Å². The van der Waals surface area contributed by atoms with Crippen molar-refractivity contribution in [2.24, 2.45) is 0 Å². The second kappa shape index (κ2) is 5.21. The molecule has 2 aromatic rings. The van der Waals surface area contributed by atoms with Crippen molar-refractivity contribution in [3.8, 4) is 5.75 Å². The van der Waals surface area contributed by atoms with Gasteiger partial charge in [0.25, 0.3) is 0 Å². The summed E-state index contributed by atoms with van der Waals surface area (Å²) < 4.78 is 27.0. The molecule has 0 aliphatic carbocycles. The normalized spacial score (nSPS) is 12.4. The number of benzene rings is 1. The van der Waals surface area contributed by atoms with Crippen LogP contribution in [0.15, 0.2) is 16.5 Å². The van der Waals surface area contributed by atoms with Crippen LogP contribution in [0.2, 0.25) is 32.7 Å². The maximum Gasteiger partial charge on any atom is 0.229 e. The van der Waals surface area contributed by atoms with Gasteiger partial charge in [0.2, 0.25) is 9.04 Å². The monoisotopic (exact) mass is 408 g/mol. The van der Waals surface area contributed by atoms with E-state index in [9.17, 15) is 4.39 Å². The average Bonchev–Trinajstić information content (AvgIpc) is 2.55. The van der Waals surface area contributed by atoms with E-state index in [4.69, 9.17) is 8.84 Å². The number of hydrogen-bond acceptors (Lipinski definition) is 2. The molecule has 0 radical (unpaired) electrons. The van der Waals surface area contributed by atoms with Crippen LogP contribution in [0.25, 0.3) is 11.0 Å². The zero-order chi connectivity index (χ0) is 14.4. The Morgan fingerprint density at radius 1 is 1.26 bits per heavy atom. The fourth-order valence-electron chi connectivity index (χ4n) is 2.11. The Morgan fingerprint density at radius 3 is 2.42 bits per heavy atom. The average molecular weight is 408 g/mol. The van der Waals surface area contributed by atoms with Crippen molar-refractivity contribution in [1.29, 1.82) is 0 Å². The SMILES string of the molecule is C[SiH](C)Oc1cc2cc(I)oc2c([Si](C)(C)C)c1F. The lowest BCUT2D eigenvalue weighted by molar-refractivity contribution is 0.511. The van der Waals surface area contributed by atoms with Crippen LogP contribution < -0.4 is 9.61 Å². The maximum absolute atomic E-state index is 14.7. The second-order valence-corrected chi connectivity index (χ2v) is 14.3. The Hall–Kier alpha value is -0.346. The minimum Gasteiger partial charge on any atom is -0.545 e. The Balaban J connectivity index is 2.77. The van der Waals surface area contributed by atoms with Gasteiger partial charge < -0.3 is 8.84 Å². The van der Waals surface area contributed by atoms with Gasteiger partial charge in [-0.3, -0.25) is 0 Å². The first-order valence-electron chi connectivity index (χ1n) is 6.29. The molecule has 0 aliphatic rings. The van der Waals surface area contributed by atoms with E-state index in [1.807, 2.05) is 19.2 Å². The smallest absolute Gasteiger partial charge is 0.229 e. The summed E-state index contributed by atoms with van der Waals surface area (Å²) in [6.07, 6.45) is 0. The molecule has 1 aromatic heterocycles. The van der Waals surface area contributed by atoms with E-state index >= 15 is 0 Å². The Kier molecular flexibility index (Phi) is 4.13. The molecular weight excluding hydrogens is 390 g/mol. The quantitative estimate of drug-likeness (QED) is 0.564. The third-order valence-electron chi connectivity index (χ3n) is 2.79. The van der Waals surface area contributed by atoms with Crippen molar-refractivity contribution >= 4 is 55.9 Å². The van der Waals surface area contributed by atoms with Gasteiger partial charge in [-0.2, -0.15) is 0 Å². The molecule has 0 saturated heterocycles. The molecule has 1 heterocycles. The highest BCUT2D eigenvalue weighted by Crippen LogP contribution is 2.29. The van der Waals surface area contributed by atoms with Gasteiger partial charge in [-0.1, -0.05) is 19.6 Å². The Labute approximate surface area is 129 Å². The van der Waals surface area contributed by atoms with Gasteiger partial charge in [-0.15, -0.1) is 0 Å². The number of rotatable bonds is 3. The van der Waals surface area contributed by atoms with Crippen molar-refractivity contribution in [3.63, 3.8) is 0 Å². The summed E-state index contributed by atoms with van der Waals surface area (Å²) in [4.78, 5) is 0. The second-order valence-electron chi connectivity index (χ2n) is 5.95. The molecule has 0 saturated carbocycles. The predicted molar refractivity (Wildman–Crippen MR) is 91.4 cm³/mol. The first kappa shape index (κ1) is 15.1. The number of hydrogen-bond donors (Lipinski definition) is 0. The zero-order valence-corrected chi connectivity index (χ0v) is 16.1. The lowest BCUT2D eigenvalue weighted by atomic mass is 10.2. The van der Waals surface area contributed by atoms with E-state index in [1.165, 1.54) is 0 Å². The highest BCUT2D eigenvalue weighted by molar-refractivity contribution is 14.1. The van der Waals surface area contributed by atoms with Gasteiger partial charge in [-0.05, 0) is 47.8 Å². The summed E-state index contributed by atoms with van der Waals surface area (Å²) in [6, 6.07) is 3.71. The van der Waals surface area contributed by atoms with Gasteiger partial charge in [0.1, 0.15) is 11.3 Å². The van der Waals surface area contributed by atoms with Gasteiger partial charge in [0.15, 0.2) is 9.58 Å². The molecule has 6 heteroatoms. The molecular formula is C13H18FIO2Si2. The molecule has 0 aliphatic heterocycles. The van der Waals surface area contributed by atoms with E-state index in [0.29, 0.717) is 11.3 Å². The van der Waals surface area contributed by atoms with Crippen LogP contribution in [-0.2, 0) is 0 Å². The Bertz CT molecular complexity index is 617. The zero-order valence-electron chi connectivity index (χ0n) is 11.8. The molecule has 0 fully saturated rings. The molecule has 2 nitrogen and oxygen atoms in total. The van der Waals surface area contributed by atoms with E-state index < -0.39 is 17.1 Å². The van der Waals surface area contributed by atoms with Crippen LogP contribution in [0.3, 0.4) is 0 Å². The van der Waals surface area contributed by atoms with E-state index in [0.717, 1.165) is 14.3 Å². The minimum absolute atomic E-state index is 0.224. The van der Waals surface area contributed by atoms with Crippen LogP contribution in [0, 0.1) is 9.58 Å². The fourth-order valence-corrected chi connectivity index (χ4v) is 5.01. The Morgan fingerprint density at radius 2 is 1.89 bits per heavy atom. The van der Waals surface area contributed by atoms with Crippen molar-refractivity contribution in [2.45, 2.75) is 32.7 Å². The van der Waals surface area contributed by atoms with Crippen LogP contribution >= 0.6 is 22.6 Å². The lowest BCUT2D eigenvalue weighted by Crippen LogP contribution is -2.40. The van der Waals surface area contributed by atoms with E-state index in [-0.39, 0.29) is 5.82 Å². The summed E-state index contributed by atoms with van der Waals surface area (Å²) in [5.74, 6) is 0.169. The molecule has 2 rings (SSSR count). The third-order valence-corrected chi connectivity index (χ3v) is 6.00. The topological polar surface area (TPSA) is 22.4 Å². The first-order valence-corrected chi connectivity index (χ1v) is 13.6. The number of fused-ring (bicyclic) bond motifs is 1. The minimum atomic E-state index is -1.85. The largest absolute Gasteiger partial charge is 0.545 e. The summed E-state index contributed by atoms with van der Waals surface area (Å²) in [5, 5.41) is 1.67. The fraction of sp³-hybridized carbons (Fsp3) is 0.385. The standard InChI is InChI=1S/C13H18FIO2Si2/c1-18(2)17-9-6-8-7-10(15)16-12(8)13(11(9)14)19(3,4)5/h6-7,18H,1-5H3. The van der Waals surface area contributed by atoms with Crippen molar-refractivity contribution in [3.05, 3.63) is 21.7 Å². The van der Waals surface area contributed by atoms with Crippen LogP contribution in [-0.4, -0.2) is 17.1 Å². The van der Waals surface area contributed by atoms with Gasteiger partial charge in [0.05, 0.1) is 8.07 Å². The molecule has 0 N–H and O–H groups in total. The molecule has 104 valence electrons. The van der Waals surface area contributed by atoms with Gasteiger partial charge in [0, 0.05) is 10.6 Å². The molecule has 19 heavy (non-hydrogen) atoms. The summed E-state index contributed by atoms with van der Waals surface area (Å²) in [5.41, 5.74) is 0.693. The molecule has 0 amide bonds. The molecule has 0 bridgehead atoms. The highest BCUT2D eigenvalue weighted by atomic mass is 127. The van der Waals surface area contributed by atoms with Gasteiger partial charge in [-0.25, -0.2) is 4.39 Å². The van der Waals surface area contributed by atoms with Crippen molar-refractivity contribution in [2.75, 3.05) is 0 Å². The van der Waals surface area contributed by atoms with Gasteiger partial charge >= 0.3 is 0 Å². The van der Waals surface area contributed by atoms with Crippen LogP contribution in [0.1, 0.15) is 0 Å². The summed E-state index contributed by atoms with van der Waals surface area (Å²) >= 11 is 2.12. The van der Waals surface area contributed by atoms with Crippen molar-refractivity contribution < 1.29 is 13.2 Å². The highest BCUT2D eigenvalue weighted by Gasteiger charge is 2.29. The van der Waals surface area contributed by atoms with Crippen LogP contribution in [0.4, 0.5) is 4.39 Å². The maximum atomic E-state index is 14.7. The van der Waals surface area contributed by atoms with E-state index in [2.05, 4.69) is 42.2 Å². The lowest BCUT2D eigenvalue weighted by Gasteiger charge is -2.20. The summed E-state index contributed by atoms with van der Waals surface area (Å²) in [6.45, 7) is 10.4. The summed E-state index contributed by atoms with van der Waals surface area (Å²) in [7, 11) is -3.18. The molecule has 0 spiro atoms. The number of halogens is 2. The predicted octanol–water partition coefficient (Wildman–Crippen LogP) is 4.08. The van der Waals surface area contributed by atoms with E-state index in [1.54, 1.807) is 6.07 Å². The molecule has 1 aromatic carbocycles. The van der Waals surface area contributed by atoms with Crippen molar-refractivity contribution in [1.82, 2.24) is 0 Å². The molecule has 0 unspecified atom stereocenters. The first-order chi connectivity index (χ1) is 8.70. The number of furan rings is 1. The molecule has 0 atom stereocenters. The third kappa shape index (κ3) is 3.05.